The number of nitrogens with zero attached hydrogens (tertiary/aromatic N) is 1. The van der Waals surface area contributed by atoms with Crippen LogP contribution < -0.4 is 0 Å². The molecule has 4 heteroatoms. The van der Waals surface area contributed by atoms with Crippen LogP contribution >= 0.6 is 0 Å². The monoisotopic (exact) mass is 335 g/mol. The van der Waals surface area contributed by atoms with E-state index < -0.39 is 5.97 Å². The Bertz CT molecular complexity index is 953. The Morgan fingerprint density at radius 2 is 1.64 bits per heavy atom. The third-order valence-electron chi connectivity index (χ3n) is 4.60. The zero-order valence-electron chi connectivity index (χ0n) is 14.5. The lowest BCUT2D eigenvalue weighted by Crippen LogP contribution is -2.11. The Hall–Kier alpha value is -2.88. The number of carboxylic acid groups (broad SMARTS) is 1. The van der Waals surface area contributed by atoms with Crippen molar-refractivity contribution >= 4 is 22.7 Å². The molecule has 0 spiro atoms. The molecule has 1 aromatic heterocycles. The van der Waals surface area contributed by atoms with Gasteiger partial charge in [0.25, 0.3) is 0 Å². The number of carbonyl (C=O) groups is 2. The highest BCUT2D eigenvalue weighted by Crippen LogP contribution is 2.29. The summed E-state index contributed by atoms with van der Waals surface area (Å²) < 4.78 is 2.16. The van der Waals surface area contributed by atoms with Crippen LogP contribution in [-0.4, -0.2) is 21.4 Å². The van der Waals surface area contributed by atoms with Crippen molar-refractivity contribution in [2.75, 3.05) is 0 Å². The first-order valence-electron chi connectivity index (χ1n) is 8.51. The van der Waals surface area contributed by atoms with Gasteiger partial charge in [-0.3, -0.25) is 4.79 Å². The average Bonchev–Trinajstić information content (AvgIpc) is 2.90. The lowest BCUT2D eigenvalue weighted by atomic mass is 9.96. The Morgan fingerprint density at radius 3 is 2.32 bits per heavy atom. The van der Waals surface area contributed by atoms with Crippen LogP contribution in [0.15, 0.2) is 48.5 Å². The summed E-state index contributed by atoms with van der Waals surface area (Å²) in [6.07, 6.45) is 2.09. The number of fused-ring (bicyclic) bond motifs is 1. The van der Waals surface area contributed by atoms with E-state index in [0.29, 0.717) is 5.56 Å². The Kier molecular flexibility index (Phi) is 4.70. The van der Waals surface area contributed by atoms with Crippen LogP contribution in [0.4, 0.5) is 0 Å². The highest BCUT2D eigenvalue weighted by atomic mass is 16.4. The van der Waals surface area contributed by atoms with Crippen molar-refractivity contribution in [3.63, 3.8) is 0 Å². The fourth-order valence-corrected chi connectivity index (χ4v) is 3.32. The average molecular weight is 335 g/mol. The minimum absolute atomic E-state index is 0.0392. The SMILES string of the molecule is CCCCn1c(C)c(C(=O)c2ccccc2C(=O)O)c2ccccc21. The van der Waals surface area contributed by atoms with E-state index in [-0.39, 0.29) is 16.9 Å². The molecule has 0 radical (unpaired) electrons. The van der Waals surface area contributed by atoms with Gasteiger partial charge in [-0.2, -0.15) is 0 Å². The van der Waals surface area contributed by atoms with Gasteiger partial charge in [0.15, 0.2) is 5.78 Å². The van der Waals surface area contributed by atoms with E-state index in [0.717, 1.165) is 36.0 Å². The fourth-order valence-electron chi connectivity index (χ4n) is 3.32. The standard InChI is InChI=1S/C21H21NO3/c1-3-4-13-22-14(2)19(17-11-7-8-12-18(17)22)20(23)15-9-5-6-10-16(15)21(24)25/h5-12H,3-4,13H2,1-2H3,(H,24,25). The van der Waals surface area contributed by atoms with Crippen LogP contribution in [0, 0.1) is 6.92 Å². The zero-order chi connectivity index (χ0) is 18.0. The number of carboxylic acids is 1. The number of para-hydroxylation sites is 1. The molecular weight excluding hydrogens is 314 g/mol. The molecule has 2 aromatic carbocycles. The van der Waals surface area contributed by atoms with E-state index in [1.165, 1.54) is 6.07 Å². The molecule has 0 aliphatic carbocycles. The van der Waals surface area contributed by atoms with Crippen LogP contribution in [0.1, 0.15) is 51.7 Å². The summed E-state index contributed by atoms with van der Waals surface area (Å²) in [6, 6.07) is 14.2. The summed E-state index contributed by atoms with van der Waals surface area (Å²) in [6.45, 7) is 4.92. The molecule has 0 atom stereocenters. The van der Waals surface area contributed by atoms with Gasteiger partial charge in [0.1, 0.15) is 0 Å². The molecule has 25 heavy (non-hydrogen) atoms. The number of carbonyl (C=O) groups excluding carboxylic acids is 1. The second-order valence-corrected chi connectivity index (χ2v) is 6.16. The maximum atomic E-state index is 13.2. The molecule has 3 aromatic rings. The maximum Gasteiger partial charge on any atom is 0.336 e. The molecular formula is C21H21NO3. The number of unbranched alkanes of at least 4 members (excludes halogenated alkanes) is 1. The summed E-state index contributed by atoms with van der Waals surface area (Å²) in [5, 5.41) is 10.3. The van der Waals surface area contributed by atoms with E-state index >= 15 is 0 Å². The predicted molar refractivity (Wildman–Crippen MR) is 98.4 cm³/mol. The van der Waals surface area contributed by atoms with E-state index in [2.05, 4.69) is 11.5 Å². The van der Waals surface area contributed by atoms with Gasteiger partial charge >= 0.3 is 5.97 Å². The Morgan fingerprint density at radius 1 is 1.00 bits per heavy atom. The molecule has 0 fully saturated rings. The fraction of sp³-hybridized carbons (Fsp3) is 0.238. The summed E-state index contributed by atoms with van der Waals surface area (Å²) in [4.78, 5) is 24.7. The first-order chi connectivity index (χ1) is 12.1. The molecule has 128 valence electrons. The van der Waals surface area contributed by atoms with Crippen molar-refractivity contribution in [3.05, 3.63) is 70.9 Å². The molecule has 0 aliphatic heterocycles. The number of aromatic nitrogens is 1. The minimum atomic E-state index is -1.09. The van der Waals surface area contributed by atoms with Crippen LogP contribution in [0.5, 0.6) is 0 Å². The molecule has 0 aliphatic rings. The first kappa shape index (κ1) is 17.0. The van der Waals surface area contributed by atoms with E-state index in [9.17, 15) is 14.7 Å². The van der Waals surface area contributed by atoms with E-state index in [1.54, 1.807) is 18.2 Å². The van der Waals surface area contributed by atoms with Gasteiger partial charge in [-0.1, -0.05) is 49.7 Å². The highest BCUT2D eigenvalue weighted by Gasteiger charge is 2.24. The van der Waals surface area contributed by atoms with Gasteiger partial charge in [0.2, 0.25) is 0 Å². The van der Waals surface area contributed by atoms with Gasteiger partial charge in [-0.25, -0.2) is 4.79 Å². The normalized spacial score (nSPS) is 11.0. The van der Waals surface area contributed by atoms with E-state index in [4.69, 9.17) is 0 Å². The zero-order valence-corrected chi connectivity index (χ0v) is 14.5. The quantitative estimate of drug-likeness (QED) is 0.665. The van der Waals surface area contributed by atoms with Crippen LogP contribution in [0.25, 0.3) is 10.9 Å². The number of rotatable bonds is 6. The molecule has 0 saturated carbocycles. The van der Waals surface area contributed by atoms with Crippen LogP contribution in [-0.2, 0) is 6.54 Å². The van der Waals surface area contributed by atoms with Gasteiger partial charge in [0, 0.05) is 28.7 Å². The summed E-state index contributed by atoms with van der Waals surface area (Å²) in [7, 11) is 0. The topological polar surface area (TPSA) is 59.3 Å². The summed E-state index contributed by atoms with van der Waals surface area (Å²) in [5.41, 5.74) is 2.78. The molecule has 1 N–H and O–H groups in total. The highest BCUT2D eigenvalue weighted by molar-refractivity contribution is 6.20. The Balaban J connectivity index is 2.21. The van der Waals surface area contributed by atoms with Crippen molar-refractivity contribution in [3.8, 4) is 0 Å². The second kappa shape index (κ2) is 6.93. The predicted octanol–water partition coefficient (Wildman–Crippen LogP) is 4.68. The largest absolute Gasteiger partial charge is 0.478 e. The number of ketones is 1. The molecule has 0 saturated heterocycles. The molecule has 0 unspecified atom stereocenters. The number of hydrogen-bond donors (Lipinski definition) is 1. The van der Waals surface area contributed by atoms with Crippen LogP contribution in [0.3, 0.4) is 0 Å². The first-order valence-corrected chi connectivity index (χ1v) is 8.51. The number of aryl methyl sites for hydroxylation is 1. The third kappa shape index (κ3) is 2.95. The van der Waals surface area contributed by atoms with Crippen LogP contribution in [0.2, 0.25) is 0 Å². The van der Waals surface area contributed by atoms with E-state index in [1.807, 2.05) is 31.2 Å². The number of aromatic carboxylic acids is 1. The smallest absolute Gasteiger partial charge is 0.336 e. The van der Waals surface area contributed by atoms with Gasteiger partial charge < -0.3 is 9.67 Å². The molecule has 4 nitrogen and oxygen atoms in total. The van der Waals surface area contributed by atoms with Crippen molar-refractivity contribution in [1.82, 2.24) is 4.57 Å². The summed E-state index contributed by atoms with van der Waals surface area (Å²) in [5.74, 6) is -1.32. The van der Waals surface area contributed by atoms with Crippen molar-refractivity contribution in [2.24, 2.45) is 0 Å². The Labute approximate surface area is 146 Å². The molecule has 1 heterocycles. The molecule has 0 amide bonds. The summed E-state index contributed by atoms with van der Waals surface area (Å²) >= 11 is 0. The number of benzene rings is 2. The molecule has 0 bridgehead atoms. The van der Waals surface area contributed by atoms with Crippen molar-refractivity contribution in [2.45, 2.75) is 33.2 Å². The van der Waals surface area contributed by atoms with Gasteiger partial charge in [-0.15, -0.1) is 0 Å². The lowest BCUT2D eigenvalue weighted by Gasteiger charge is -2.08. The third-order valence-corrected chi connectivity index (χ3v) is 4.60. The van der Waals surface area contributed by atoms with Crippen molar-refractivity contribution in [1.29, 1.82) is 0 Å². The maximum absolute atomic E-state index is 13.2. The van der Waals surface area contributed by atoms with Gasteiger partial charge in [-0.05, 0) is 25.5 Å². The van der Waals surface area contributed by atoms with Gasteiger partial charge in [0.05, 0.1) is 11.1 Å². The lowest BCUT2D eigenvalue weighted by molar-refractivity contribution is 0.0693. The minimum Gasteiger partial charge on any atom is -0.478 e. The van der Waals surface area contributed by atoms with Crippen molar-refractivity contribution < 1.29 is 14.7 Å². The molecule has 3 rings (SSSR count). The second-order valence-electron chi connectivity index (χ2n) is 6.16. The number of hydrogen-bond acceptors (Lipinski definition) is 2.